The Bertz CT molecular complexity index is 824. The number of ether oxygens (including phenoxy) is 1. The molecule has 6 nitrogen and oxygen atoms in total. The van der Waals surface area contributed by atoms with Crippen LogP contribution in [0.25, 0.3) is 0 Å². The van der Waals surface area contributed by atoms with Gasteiger partial charge in [0, 0.05) is 12.2 Å². The molecule has 154 valence electrons. The Morgan fingerprint density at radius 1 is 1.11 bits per heavy atom. The van der Waals surface area contributed by atoms with E-state index in [9.17, 15) is 5.11 Å². The van der Waals surface area contributed by atoms with Crippen LogP contribution in [0.2, 0.25) is 10.0 Å². The lowest BCUT2D eigenvalue weighted by Gasteiger charge is -2.13. The van der Waals surface area contributed by atoms with Crippen LogP contribution >= 0.6 is 23.2 Å². The summed E-state index contributed by atoms with van der Waals surface area (Å²) in [6.07, 6.45) is 2.15. The molecule has 0 heterocycles. The number of hydrogen-bond acceptors (Lipinski definition) is 6. The molecule has 2 aromatic carbocycles. The molecule has 1 unspecified atom stereocenters. The molecule has 0 saturated carbocycles. The molecule has 0 aromatic heterocycles. The van der Waals surface area contributed by atoms with Crippen LogP contribution in [0, 0.1) is 11.7 Å². The quantitative estimate of drug-likeness (QED) is 0.473. The number of halogens is 2. The lowest BCUT2D eigenvalue weighted by Crippen LogP contribution is -2.17. The predicted octanol–water partition coefficient (Wildman–Crippen LogP) is 4.95. The third-order valence-electron chi connectivity index (χ3n) is 3.68. The van der Waals surface area contributed by atoms with E-state index >= 15 is 0 Å². The standard InChI is InChI=1S/C19H23Cl2NO2.HNO2S/c1-14-5-8-17(9-6-14)24-13-16(23)4-2-3-11-22-15-7-10-18(20)19(21)12-15;1-4(2)3/h5-10,12,16,22-23H,2-4,11,13H2,1H3;1H. The first-order valence-electron chi connectivity index (χ1n) is 8.65. The second kappa shape index (κ2) is 13.4. The average molecular weight is 447 g/mol. The van der Waals surface area contributed by atoms with Gasteiger partial charge in [0.25, 0.3) is 0 Å². The van der Waals surface area contributed by atoms with E-state index in [2.05, 4.69) is 5.32 Å². The number of hydrogen-bond donors (Lipinski definition) is 3. The van der Waals surface area contributed by atoms with E-state index in [4.69, 9.17) is 41.1 Å². The molecule has 0 amide bonds. The summed E-state index contributed by atoms with van der Waals surface area (Å²) < 4.78 is 28.4. The molecule has 0 aliphatic rings. The van der Waals surface area contributed by atoms with Gasteiger partial charge in [0.2, 0.25) is 0 Å². The van der Waals surface area contributed by atoms with E-state index in [-0.39, 0.29) is 0 Å². The topological polar surface area (TPSA) is 99.5 Å². The smallest absolute Gasteiger partial charge is 0.308 e. The van der Waals surface area contributed by atoms with Crippen molar-refractivity contribution in [3.05, 3.63) is 58.1 Å². The number of unbranched alkanes of at least 4 members (excludes halogenated alkanes) is 1. The number of rotatable bonds is 9. The van der Waals surface area contributed by atoms with Crippen molar-refractivity contribution in [3.63, 3.8) is 0 Å². The van der Waals surface area contributed by atoms with Gasteiger partial charge < -0.3 is 15.2 Å². The van der Waals surface area contributed by atoms with E-state index in [1.165, 1.54) is 5.56 Å². The highest BCUT2D eigenvalue weighted by molar-refractivity contribution is 7.60. The Kier molecular flexibility index (Phi) is 11.6. The minimum atomic E-state index is -2.61. The molecule has 0 aliphatic carbocycles. The van der Waals surface area contributed by atoms with Gasteiger partial charge in [0.15, 0.2) is 0 Å². The Morgan fingerprint density at radius 2 is 1.75 bits per heavy atom. The zero-order valence-corrected chi connectivity index (χ0v) is 17.8. The maximum atomic E-state index is 9.97. The SMILES string of the molecule is Cc1ccc(OCC(O)CCCCNc2ccc(Cl)c(Cl)c2)cc1.N=S(=O)=O. The summed E-state index contributed by atoms with van der Waals surface area (Å²) in [6, 6.07) is 13.3. The average Bonchev–Trinajstić information content (AvgIpc) is 2.63. The zero-order valence-electron chi connectivity index (χ0n) is 15.5. The summed E-state index contributed by atoms with van der Waals surface area (Å²) >= 11 is 11.9. The molecule has 2 rings (SSSR count). The molecule has 0 aliphatic heterocycles. The molecule has 3 N–H and O–H groups in total. The number of aliphatic hydroxyl groups excluding tert-OH is 1. The van der Waals surface area contributed by atoms with Crippen molar-refractivity contribution in [1.82, 2.24) is 0 Å². The van der Waals surface area contributed by atoms with Gasteiger partial charge in [0.05, 0.1) is 16.1 Å². The molecule has 28 heavy (non-hydrogen) atoms. The minimum Gasteiger partial charge on any atom is -0.491 e. The van der Waals surface area contributed by atoms with Crippen LogP contribution in [0.5, 0.6) is 5.75 Å². The Labute approximate surface area is 176 Å². The normalized spacial score (nSPS) is 11.1. The number of benzene rings is 2. The number of aliphatic hydroxyl groups is 1. The van der Waals surface area contributed by atoms with Gasteiger partial charge in [-0.05, 0) is 56.5 Å². The fourth-order valence-corrected chi connectivity index (χ4v) is 2.55. The van der Waals surface area contributed by atoms with Crippen molar-refractivity contribution in [3.8, 4) is 5.75 Å². The van der Waals surface area contributed by atoms with Crippen LogP contribution in [0.1, 0.15) is 24.8 Å². The highest BCUT2D eigenvalue weighted by Crippen LogP contribution is 2.25. The van der Waals surface area contributed by atoms with Gasteiger partial charge in [-0.1, -0.05) is 40.9 Å². The van der Waals surface area contributed by atoms with Crippen molar-refractivity contribution < 1.29 is 18.3 Å². The predicted molar refractivity (Wildman–Crippen MR) is 113 cm³/mol. The van der Waals surface area contributed by atoms with Gasteiger partial charge in [-0.2, -0.15) is 13.2 Å². The van der Waals surface area contributed by atoms with Crippen LogP contribution in [0.15, 0.2) is 42.5 Å². The van der Waals surface area contributed by atoms with Crippen LogP contribution < -0.4 is 10.1 Å². The molecule has 0 bridgehead atoms. The first-order chi connectivity index (χ1) is 13.3. The maximum Gasteiger partial charge on any atom is 0.308 e. The van der Waals surface area contributed by atoms with E-state index in [1.807, 2.05) is 43.3 Å². The summed E-state index contributed by atoms with van der Waals surface area (Å²) in [5.74, 6) is 0.793. The summed E-state index contributed by atoms with van der Waals surface area (Å²) in [7, 11) is -2.61. The third kappa shape index (κ3) is 11.1. The molecule has 9 heteroatoms. The summed E-state index contributed by atoms with van der Waals surface area (Å²) in [6.45, 7) is 3.18. The first-order valence-corrected chi connectivity index (χ1v) is 10.5. The number of anilines is 1. The third-order valence-corrected chi connectivity index (χ3v) is 4.42. The minimum absolute atomic E-state index is 0.323. The molecule has 0 radical (unpaired) electrons. The molecule has 0 spiro atoms. The Balaban J connectivity index is 0.000000892. The molecule has 0 saturated heterocycles. The van der Waals surface area contributed by atoms with Crippen molar-refractivity contribution in [1.29, 1.82) is 4.78 Å². The highest BCUT2D eigenvalue weighted by Gasteiger charge is 2.05. The van der Waals surface area contributed by atoms with Crippen LogP contribution in [-0.2, 0) is 10.5 Å². The van der Waals surface area contributed by atoms with Crippen molar-refractivity contribution in [2.45, 2.75) is 32.3 Å². The van der Waals surface area contributed by atoms with Crippen molar-refractivity contribution in [2.24, 2.45) is 0 Å². The molecule has 1 atom stereocenters. The lowest BCUT2D eigenvalue weighted by molar-refractivity contribution is 0.0979. The monoisotopic (exact) mass is 446 g/mol. The maximum absolute atomic E-state index is 9.97. The summed E-state index contributed by atoms with van der Waals surface area (Å²) in [5, 5.41) is 14.4. The Morgan fingerprint density at radius 3 is 2.36 bits per heavy atom. The molecular weight excluding hydrogens is 423 g/mol. The highest BCUT2D eigenvalue weighted by atomic mass is 35.5. The zero-order chi connectivity index (χ0) is 20.9. The van der Waals surface area contributed by atoms with E-state index in [0.29, 0.717) is 16.7 Å². The summed E-state index contributed by atoms with van der Waals surface area (Å²) in [4.78, 5) is 0. The second-order valence-electron chi connectivity index (χ2n) is 6.06. The second-order valence-corrected chi connectivity index (χ2v) is 7.35. The van der Waals surface area contributed by atoms with Crippen molar-refractivity contribution >= 4 is 39.4 Å². The molecule has 2 aromatic rings. The van der Waals surface area contributed by atoms with Gasteiger partial charge >= 0.3 is 10.5 Å². The van der Waals surface area contributed by atoms with Crippen LogP contribution in [0.3, 0.4) is 0 Å². The fraction of sp³-hybridized carbons (Fsp3) is 0.368. The first kappa shape index (κ1) is 24.2. The lowest BCUT2D eigenvalue weighted by atomic mass is 10.1. The van der Waals surface area contributed by atoms with E-state index in [1.54, 1.807) is 6.07 Å². The number of aryl methyl sites for hydroxylation is 1. The fourth-order valence-electron chi connectivity index (χ4n) is 2.25. The van der Waals surface area contributed by atoms with Gasteiger partial charge in [-0.3, -0.25) is 0 Å². The van der Waals surface area contributed by atoms with Gasteiger partial charge in [-0.15, -0.1) is 0 Å². The Hall–Kier alpha value is -1.80. The van der Waals surface area contributed by atoms with Crippen molar-refractivity contribution in [2.75, 3.05) is 18.5 Å². The largest absolute Gasteiger partial charge is 0.491 e. The van der Waals surface area contributed by atoms with E-state index in [0.717, 1.165) is 37.2 Å². The summed E-state index contributed by atoms with van der Waals surface area (Å²) in [5.41, 5.74) is 2.14. The number of nitrogens with one attached hydrogen (secondary N) is 2. The van der Waals surface area contributed by atoms with Gasteiger partial charge in [0.1, 0.15) is 12.4 Å². The van der Waals surface area contributed by atoms with E-state index < -0.39 is 16.6 Å². The molecular formula is C19H24Cl2N2O4S. The van der Waals surface area contributed by atoms with Gasteiger partial charge in [-0.25, -0.2) is 0 Å². The molecule has 0 fully saturated rings. The van der Waals surface area contributed by atoms with Crippen LogP contribution in [0.4, 0.5) is 5.69 Å². The van der Waals surface area contributed by atoms with Crippen LogP contribution in [-0.4, -0.2) is 32.8 Å².